The van der Waals surface area contributed by atoms with Crippen LogP contribution < -0.4 is 0 Å². The quantitative estimate of drug-likeness (QED) is 0.204. The van der Waals surface area contributed by atoms with Crippen LogP contribution in [0.25, 0.3) is 11.1 Å². The summed E-state index contributed by atoms with van der Waals surface area (Å²) in [5.41, 5.74) is 4.97. The van der Waals surface area contributed by atoms with Gasteiger partial charge in [-0.25, -0.2) is 0 Å². The molecule has 2 aromatic rings. The van der Waals surface area contributed by atoms with Crippen LogP contribution >= 0.6 is 0 Å². The Hall–Kier alpha value is -2.70. The number of piperazine rings is 1. The first-order chi connectivity index (χ1) is 18.7. The molecule has 6 heteroatoms. The molecule has 214 valence electrons. The first-order valence-corrected chi connectivity index (χ1v) is 14.8. The number of amidine groups is 2. The molecule has 1 saturated heterocycles. The number of nitrogens with zero attached hydrogens (tertiary/aromatic N) is 3. The van der Waals surface area contributed by atoms with Crippen LogP contribution in [0, 0.1) is 10.8 Å². The second kappa shape index (κ2) is 14.6. The van der Waals surface area contributed by atoms with Crippen molar-refractivity contribution in [3.63, 3.8) is 0 Å². The number of nitrogens with one attached hydrogen (secondary N) is 2. The molecule has 39 heavy (non-hydrogen) atoms. The molecular formula is C33H52N5O+. The smallest absolute Gasteiger partial charge is 0.120 e. The van der Waals surface area contributed by atoms with Crippen molar-refractivity contribution in [2.45, 2.75) is 77.4 Å². The predicted octanol–water partition coefficient (Wildman–Crippen LogP) is 6.44. The highest BCUT2D eigenvalue weighted by atomic mass is 16.5. The van der Waals surface area contributed by atoms with Gasteiger partial charge < -0.3 is 19.0 Å². The Labute approximate surface area is 237 Å². The van der Waals surface area contributed by atoms with Gasteiger partial charge in [0, 0.05) is 26.3 Å². The average Bonchev–Trinajstić information content (AvgIpc) is 2.92. The molecule has 0 radical (unpaired) electrons. The molecule has 0 amide bonds. The lowest BCUT2D eigenvalue weighted by Gasteiger charge is -2.46. The van der Waals surface area contributed by atoms with Gasteiger partial charge in [-0.05, 0) is 42.5 Å². The first kappa shape index (κ1) is 30.8. The average molecular weight is 535 g/mol. The van der Waals surface area contributed by atoms with E-state index in [0.29, 0.717) is 11.7 Å². The monoisotopic (exact) mass is 534 g/mol. The molecule has 2 N–H and O–H groups in total. The number of hydrogen-bond donors (Lipinski definition) is 2. The number of hydrogen-bond acceptors (Lipinski definition) is 3. The third-order valence-electron chi connectivity index (χ3n) is 8.24. The summed E-state index contributed by atoms with van der Waals surface area (Å²) in [7, 11) is 8.23. The number of methoxy groups -OCH3 is 1. The summed E-state index contributed by atoms with van der Waals surface area (Å²) in [6.45, 7) is 7.89. The van der Waals surface area contributed by atoms with Crippen molar-refractivity contribution in [2.75, 3.05) is 47.9 Å². The van der Waals surface area contributed by atoms with Crippen LogP contribution in [0.5, 0.6) is 0 Å². The van der Waals surface area contributed by atoms with E-state index >= 15 is 0 Å². The Morgan fingerprint density at radius 1 is 0.872 bits per heavy atom. The van der Waals surface area contributed by atoms with Crippen LogP contribution in [-0.4, -0.2) is 86.0 Å². The van der Waals surface area contributed by atoms with Gasteiger partial charge in [0.15, 0.2) is 0 Å². The van der Waals surface area contributed by atoms with Gasteiger partial charge in [0.25, 0.3) is 0 Å². The van der Waals surface area contributed by atoms with Crippen molar-refractivity contribution >= 4 is 11.7 Å². The van der Waals surface area contributed by atoms with Gasteiger partial charge in [-0.3, -0.25) is 10.8 Å². The summed E-state index contributed by atoms with van der Waals surface area (Å²) >= 11 is 0. The molecule has 1 aliphatic rings. The minimum atomic E-state index is -0.102. The van der Waals surface area contributed by atoms with Crippen LogP contribution in [0.3, 0.4) is 0 Å². The van der Waals surface area contributed by atoms with E-state index in [1.54, 1.807) is 7.11 Å². The summed E-state index contributed by atoms with van der Waals surface area (Å²) in [6.07, 6.45) is 8.18. The van der Waals surface area contributed by atoms with Crippen LogP contribution in [0.15, 0.2) is 48.5 Å². The third-order valence-corrected chi connectivity index (χ3v) is 8.24. The van der Waals surface area contributed by atoms with E-state index in [2.05, 4.69) is 81.4 Å². The van der Waals surface area contributed by atoms with Gasteiger partial charge in [0.2, 0.25) is 0 Å². The summed E-state index contributed by atoms with van der Waals surface area (Å²) < 4.78 is 6.18. The Bertz CT molecular complexity index is 1060. The fourth-order valence-electron chi connectivity index (χ4n) is 5.62. The molecule has 0 bridgehead atoms. The topological polar surface area (TPSA) is 63.4 Å². The predicted molar refractivity (Wildman–Crippen MR) is 165 cm³/mol. The number of ether oxygens (including phenoxy) is 1. The third kappa shape index (κ3) is 8.64. The highest BCUT2D eigenvalue weighted by molar-refractivity contribution is 5.99. The standard InChI is InChI=1S/C33H52N5O/c1-7-8-9-10-11-12-20-37-26(2)32(34)36(3)31(33(37)35)24-27-16-18-29(19-17-27)30-15-13-14-28(23-30)25-38(4,5)21-22-39-6/h13-19,23,26,31,34-35H,7-12,20-22,24-25H2,1-6H3/q+1/t26-,31?/m0/s1. The number of benzene rings is 2. The van der Waals surface area contributed by atoms with Crippen molar-refractivity contribution in [1.82, 2.24) is 9.80 Å². The van der Waals surface area contributed by atoms with Crippen LogP contribution in [-0.2, 0) is 17.7 Å². The molecule has 1 fully saturated rings. The molecule has 2 atom stereocenters. The molecule has 0 aromatic heterocycles. The summed E-state index contributed by atoms with van der Waals surface area (Å²) in [5.74, 6) is 1.27. The van der Waals surface area contributed by atoms with Crippen molar-refractivity contribution in [3.8, 4) is 11.1 Å². The maximum absolute atomic E-state index is 9.04. The molecule has 6 nitrogen and oxygen atoms in total. The van der Waals surface area contributed by atoms with E-state index in [1.807, 2.05) is 11.9 Å². The largest absolute Gasteiger partial charge is 0.379 e. The van der Waals surface area contributed by atoms with E-state index < -0.39 is 0 Å². The molecule has 0 saturated carbocycles. The van der Waals surface area contributed by atoms with Crippen LogP contribution in [0.2, 0.25) is 0 Å². The Morgan fingerprint density at radius 2 is 1.56 bits per heavy atom. The maximum Gasteiger partial charge on any atom is 0.120 e. The molecule has 0 aliphatic carbocycles. The zero-order valence-corrected chi connectivity index (χ0v) is 25.3. The number of quaternary nitrogens is 1. The molecular weight excluding hydrogens is 482 g/mol. The van der Waals surface area contributed by atoms with E-state index in [9.17, 15) is 0 Å². The lowest BCUT2D eigenvalue weighted by atomic mass is 9.95. The minimum Gasteiger partial charge on any atom is -0.379 e. The van der Waals surface area contributed by atoms with E-state index in [1.165, 1.54) is 54.4 Å². The Morgan fingerprint density at radius 3 is 2.26 bits per heavy atom. The van der Waals surface area contributed by atoms with Crippen molar-refractivity contribution in [3.05, 3.63) is 59.7 Å². The SMILES string of the molecule is CCCCCCCCN1C(=N)C(Cc2ccc(-c3cccc(C[N+](C)(C)CCOC)c3)cc2)N(C)C(=N)[C@@H]1C. The van der Waals surface area contributed by atoms with Gasteiger partial charge in [-0.1, -0.05) is 81.5 Å². The zero-order chi connectivity index (χ0) is 28.4. The van der Waals surface area contributed by atoms with E-state index in [4.69, 9.17) is 15.6 Å². The normalized spacial score (nSPS) is 18.2. The number of likely N-dealkylation sites (N-methyl/N-ethyl adjacent to an activating group) is 2. The summed E-state index contributed by atoms with van der Waals surface area (Å²) in [5, 5.41) is 17.8. The molecule has 2 aromatic carbocycles. The van der Waals surface area contributed by atoms with Crippen molar-refractivity contribution < 1.29 is 9.22 Å². The summed E-state index contributed by atoms with van der Waals surface area (Å²) in [6, 6.07) is 17.5. The van der Waals surface area contributed by atoms with Crippen molar-refractivity contribution in [1.29, 1.82) is 10.8 Å². The van der Waals surface area contributed by atoms with E-state index in [0.717, 1.165) is 43.6 Å². The molecule has 3 rings (SSSR count). The van der Waals surface area contributed by atoms with E-state index in [-0.39, 0.29) is 12.1 Å². The second-order valence-corrected chi connectivity index (χ2v) is 11.9. The zero-order valence-electron chi connectivity index (χ0n) is 25.3. The van der Waals surface area contributed by atoms with Gasteiger partial charge in [-0.15, -0.1) is 0 Å². The van der Waals surface area contributed by atoms with Gasteiger partial charge in [0.1, 0.15) is 24.8 Å². The highest BCUT2D eigenvalue weighted by Crippen LogP contribution is 2.25. The Balaban J connectivity index is 1.65. The first-order valence-electron chi connectivity index (χ1n) is 14.8. The summed E-state index contributed by atoms with van der Waals surface area (Å²) in [4.78, 5) is 4.17. The van der Waals surface area contributed by atoms with Crippen LogP contribution in [0.1, 0.15) is 63.5 Å². The fourth-order valence-corrected chi connectivity index (χ4v) is 5.62. The highest BCUT2D eigenvalue weighted by Gasteiger charge is 2.37. The molecule has 0 spiro atoms. The molecule has 1 heterocycles. The fraction of sp³-hybridized carbons (Fsp3) is 0.576. The molecule has 1 aliphatic heterocycles. The number of unbranched alkanes of at least 4 members (excludes halogenated alkanes) is 5. The Kier molecular flexibility index (Phi) is 11.6. The lowest BCUT2D eigenvalue weighted by molar-refractivity contribution is -0.903. The van der Waals surface area contributed by atoms with Crippen LogP contribution in [0.4, 0.5) is 0 Å². The lowest BCUT2D eigenvalue weighted by Crippen LogP contribution is -2.62. The van der Waals surface area contributed by atoms with Crippen molar-refractivity contribution in [2.24, 2.45) is 0 Å². The van der Waals surface area contributed by atoms with Gasteiger partial charge >= 0.3 is 0 Å². The maximum atomic E-state index is 9.04. The second-order valence-electron chi connectivity index (χ2n) is 11.9. The van der Waals surface area contributed by atoms with Gasteiger partial charge in [-0.2, -0.15) is 0 Å². The van der Waals surface area contributed by atoms with Gasteiger partial charge in [0.05, 0.1) is 32.8 Å². The molecule has 1 unspecified atom stereocenters. The minimum absolute atomic E-state index is 0.0397. The number of rotatable bonds is 15.